The van der Waals surface area contributed by atoms with Gasteiger partial charge in [0, 0.05) is 18.5 Å². The zero-order valence-electron chi connectivity index (χ0n) is 12.4. The third-order valence-electron chi connectivity index (χ3n) is 3.27. The topological polar surface area (TPSA) is 21.3 Å². The van der Waals surface area contributed by atoms with Gasteiger partial charge in [-0.2, -0.15) is 0 Å². The molecule has 2 nitrogen and oxygen atoms in total. The maximum absolute atomic E-state index is 6.02. The molecule has 2 aromatic rings. The van der Waals surface area contributed by atoms with Crippen molar-refractivity contribution in [2.24, 2.45) is 0 Å². The maximum Gasteiger partial charge on any atom is 0.137 e. The van der Waals surface area contributed by atoms with Crippen LogP contribution in [-0.2, 0) is 13.0 Å². The summed E-state index contributed by atoms with van der Waals surface area (Å²) >= 11 is 3.59. The molecule has 0 aliphatic carbocycles. The van der Waals surface area contributed by atoms with Crippen molar-refractivity contribution >= 4 is 15.9 Å². The van der Waals surface area contributed by atoms with Crippen LogP contribution in [0.1, 0.15) is 24.5 Å². The number of nitrogens with one attached hydrogen (secondary N) is 1. The third kappa shape index (κ3) is 5.18. The van der Waals surface area contributed by atoms with E-state index >= 15 is 0 Å². The van der Waals surface area contributed by atoms with Gasteiger partial charge >= 0.3 is 0 Å². The van der Waals surface area contributed by atoms with Crippen molar-refractivity contribution < 1.29 is 4.74 Å². The minimum Gasteiger partial charge on any atom is -0.492 e. The van der Waals surface area contributed by atoms with Crippen LogP contribution in [0.4, 0.5) is 0 Å². The van der Waals surface area contributed by atoms with Gasteiger partial charge in [0.15, 0.2) is 0 Å². The molecular formula is C18H22BrNO. The number of ether oxygens (including phenoxy) is 1. The molecule has 0 heterocycles. The Kier molecular flexibility index (Phi) is 6.77. The summed E-state index contributed by atoms with van der Waals surface area (Å²) in [5.74, 6) is 0.956. The molecule has 0 spiro atoms. The quantitative estimate of drug-likeness (QED) is 0.706. The molecule has 0 unspecified atom stereocenters. The number of halogens is 1. The molecule has 0 fully saturated rings. The summed E-state index contributed by atoms with van der Waals surface area (Å²) in [6, 6.07) is 16.6. The van der Waals surface area contributed by atoms with Crippen LogP contribution in [0.5, 0.6) is 5.75 Å². The number of hydrogen-bond donors (Lipinski definition) is 1. The van der Waals surface area contributed by atoms with Gasteiger partial charge in [0.1, 0.15) is 5.75 Å². The first-order valence-electron chi connectivity index (χ1n) is 7.46. The van der Waals surface area contributed by atoms with E-state index in [0.29, 0.717) is 6.61 Å². The van der Waals surface area contributed by atoms with Gasteiger partial charge in [0.05, 0.1) is 11.1 Å². The molecule has 2 aromatic carbocycles. The highest BCUT2D eigenvalue weighted by molar-refractivity contribution is 9.10. The first kappa shape index (κ1) is 16.1. The van der Waals surface area contributed by atoms with Crippen molar-refractivity contribution in [3.63, 3.8) is 0 Å². The Labute approximate surface area is 135 Å². The third-order valence-corrected chi connectivity index (χ3v) is 3.90. The number of rotatable bonds is 8. The first-order valence-corrected chi connectivity index (χ1v) is 8.25. The summed E-state index contributed by atoms with van der Waals surface area (Å²) in [6.45, 7) is 4.72. The van der Waals surface area contributed by atoms with Crippen LogP contribution < -0.4 is 10.1 Å². The Hall–Kier alpha value is -1.32. The standard InChI is InChI=1S/C18H22BrNO/c1-2-12-20-14-16-9-6-10-17(19)18(16)21-13-11-15-7-4-3-5-8-15/h3-10,20H,2,11-14H2,1H3. The second-order valence-electron chi connectivity index (χ2n) is 4.99. The van der Waals surface area contributed by atoms with Gasteiger partial charge in [-0.05, 0) is 40.5 Å². The highest BCUT2D eigenvalue weighted by Crippen LogP contribution is 2.29. The van der Waals surface area contributed by atoms with Gasteiger partial charge in [-0.25, -0.2) is 0 Å². The minimum atomic E-state index is 0.688. The molecule has 0 saturated heterocycles. The van der Waals surface area contributed by atoms with Gasteiger partial charge < -0.3 is 10.1 Å². The van der Waals surface area contributed by atoms with Crippen molar-refractivity contribution in [3.8, 4) is 5.75 Å². The Morgan fingerprint density at radius 1 is 1.05 bits per heavy atom. The van der Waals surface area contributed by atoms with Crippen LogP contribution in [0, 0.1) is 0 Å². The fourth-order valence-corrected chi connectivity index (χ4v) is 2.69. The van der Waals surface area contributed by atoms with E-state index in [1.807, 2.05) is 12.1 Å². The lowest BCUT2D eigenvalue weighted by atomic mass is 10.1. The molecule has 0 saturated carbocycles. The molecule has 0 aliphatic heterocycles. The fraction of sp³-hybridized carbons (Fsp3) is 0.333. The Bertz CT molecular complexity index is 542. The zero-order valence-corrected chi connectivity index (χ0v) is 14.0. The fourth-order valence-electron chi connectivity index (χ4n) is 2.17. The van der Waals surface area contributed by atoms with Gasteiger partial charge in [-0.1, -0.05) is 49.4 Å². The number of hydrogen-bond acceptors (Lipinski definition) is 2. The lowest BCUT2D eigenvalue weighted by molar-refractivity contribution is 0.315. The Morgan fingerprint density at radius 3 is 2.62 bits per heavy atom. The summed E-state index contributed by atoms with van der Waals surface area (Å²) in [7, 11) is 0. The molecule has 0 radical (unpaired) electrons. The number of para-hydroxylation sites is 1. The highest BCUT2D eigenvalue weighted by atomic mass is 79.9. The van der Waals surface area contributed by atoms with Crippen LogP contribution in [0.2, 0.25) is 0 Å². The predicted molar refractivity (Wildman–Crippen MR) is 91.8 cm³/mol. The monoisotopic (exact) mass is 347 g/mol. The van der Waals surface area contributed by atoms with Gasteiger partial charge in [0.25, 0.3) is 0 Å². The van der Waals surface area contributed by atoms with Crippen LogP contribution >= 0.6 is 15.9 Å². The second kappa shape index (κ2) is 8.85. The SMILES string of the molecule is CCCNCc1cccc(Br)c1OCCc1ccccc1. The molecule has 2 rings (SSSR count). The van der Waals surface area contributed by atoms with E-state index in [0.717, 1.165) is 36.2 Å². The lowest BCUT2D eigenvalue weighted by Gasteiger charge is -2.14. The maximum atomic E-state index is 6.02. The van der Waals surface area contributed by atoms with Crippen molar-refractivity contribution in [2.75, 3.05) is 13.2 Å². The molecule has 0 atom stereocenters. The average molecular weight is 348 g/mol. The van der Waals surface area contributed by atoms with Crippen LogP contribution in [0.25, 0.3) is 0 Å². The summed E-state index contributed by atoms with van der Waals surface area (Å²) in [4.78, 5) is 0. The molecule has 0 bridgehead atoms. The normalized spacial score (nSPS) is 10.6. The van der Waals surface area contributed by atoms with Gasteiger partial charge in [-0.3, -0.25) is 0 Å². The van der Waals surface area contributed by atoms with E-state index in [2.05, 4.69) is 64.6 Å². The second-order valence-corrected chi connectivity index (χ2v) is 5.84. The summed E-state index contributed by atoms with van der Waals surface area (Å²) in [5.41, 5.74) is 2.50. The number of benzene rings is 2. The molecule has 0 aromatic heterocycles. The van der Waals surface area contributed by atoms with E-state index in [1.54, 1.807) is 0 Å². The zero-order chi connectivity index (χ0) is 14.9. The molecule has 0 aliphatic rings. The van der Waals surface area contributed by atoms with Crippen molar-refractivity contribution in [1.82, 2.24) is 5.32 Å². The van der Waals surface area contributed by atoms with Crippen molar-refractivity contribution in [2.45, 2.75) is 26.3 Å². The van der Waals surface area contributed by atoms with E-state index in [9.17, 15) is 0 Å². The summed E-state index contributed by atoms with van der Waals surface area (Å²) in [6.07, 6.45) is 2.06. The average Bonchev–Trinajstić information content (AvgIpc) is 2.51. The molecule has 21 heavy (non-hydrogen) atoms. The van der Waals surface area contributed by atoms with E-state index in [-0.39, 0.29) is 0 Å². The summed E-state index contributed by atoms with van der Waals surface area (Å²) < 4.78 is 7.04. The molecular weight excluding hydrogens is 326 g/mol. The van der Waals surface area contributed by atoms with E-state index < -0.39 is 0 Å². The van der Waals surface area contributed by atoms with Crippen molar-refractivity contribution in [3.05, 3.63) is 64.1 Å². The van der Waals surface area contributed by atoms with E-state index in [1.165, 1.54) is 11.1 Å². The minimum absolute atomic E-state index is 0.688. The highest BCUT2D eigenvalue weighted by Gasteiger charge is 2.07. The predicted octanol–water partition coefficient (Wildman–Crippen LogP) is 4.57. The first-order chi connectivity index (χ1) is 10.3. The lowest BCUT2D eigenvalue weighted by Crippen LogP contribution is -2.15. The van der Waals surface area contributed by atoms with Crippen LogP contribution in [-0.4, -0.2) is 13.2 Å². The van der Waals surface area contributed by atoms with Crippen molar-refractivity contribution in [1.29, 1.82) is 0 Å². The van der Waals surface area contributed by atoms with Gasteiger partial charge in [-0.15, -0.1) is 0 Å². The van der Waals surface area contributed by atoms with Gasteiger partial charge in [0.2, 0.25) is 0 Å². The summed E-state index contributed by atoms with van der Waals surface area (Å²) in [5, 5.41) is 3.43. The molecule has 1 N–H and O–H groups in total. The van der Waals surface area contributed by atoms with E-state index in [4.69, 9.17) is 4.74 Å². The molecule has 112 valence electrons. The largest absolute Gasteiger partial charge is 0.492 e. The Morgan fingerprint density at radius 2 is 1.86 bits per heavy atom. The molecule has 3 heteroatoms. The van der Waals surface area contributed by atoms with Crippen LogP contribution in [0.15, 0.2) is 53.0 Å². The smallest absolute Gasteiger partial charge is 0.137 e. The molecule has 0 amide bonds. The Balaban J connectivity index is 1.94. The van der Waals surface area contributed by atoms with Crippen LogP contribution in [0.3, 0.4) is 0 Å².